The van der Waals surface area contributed by atoms with Gasteiger partial charge in [-0.25, -0.2) is 0 Å². The first-order valence-corrected chi connectivity index (χ1v) is 26.0. The normalized spacial score (nSPS) is 14.4. The van der Waals surface area contributed by atoms with E-state index in [4.69, 9.17) is 5.48 Å². The summed E-state index contributed by atoms with van der Waals surface area (Å²) in [4.78, 5) is 4.76. The molecule has 12 aromatic rings. The topological polar surface area (TPSA) is 11.4 Å². The Balaban J connectivity index is 1.10. The van der Waals surface area contributed by atoms with Crippen molar-refractivity contribution in [1.82, 2.24) is 4.57 Å². The van der Waals surface area contributed by atoms with E-state index in [1.165, 1.54) is 5.56 Å². The average molecular weight is 982 g/mol. The van der Waals surface area contributed by atoms with Crippen LogP contribution in [0.5, 0.6) is 0 Å². The fourth-order valence-electron chi connectivity index (χ4n) is 12.0. The van der Waals surface area contributed by atoms with Crippen LogP contribution in [-0.4, -0.2) is 11.3 Å². The minimum absolute atomic E-state index is 0.0310. The third kappa shape index (κ3) is 7.27. The van der Waals surface area contributed by atoms with Crippen molar-refractivity contribution >= 4 is 79.0 Å². The van der Waals surface area contributed by atoms with Crippen LogP contribution >= 0.6 is 0 Å². The molecule has 2 aliphatic heterocycles. The van der Waals surface area contributed by atoms with Crippen molar-refractivity contribution in [2.45, 2.75) is 38.5 Å². The summed E-state index contributed by atoms with van der Waals surface area (Å²) in [7, 11) is 0. The van der Waals surface area contributed by atoms with Crippen LogP contribution in [0.1, 0.15) is 60.9 Å². The number of anilines is 6. The zero-order valence-corrected chi connectivity index (χ0v) is 42.7. The standard InChI is InChI=1S/C72H56BN3/c1-71(2,53-25-13-7-14-26-53)55-36-40-58(41-37-55)75-67-48-59(76-64-31-19-17-29-60(64)61-30-18-20-32-65(61)76)42-43-62(67)73-63-45-52(50-23-11-6-12-24-50)35-44-66(63)74(57-38-33-51(34-39-57)49-21-9-5-10-22-49)68-46-56(47-69(75)70(68)73)72(3,4)54-27-15-8-16-28-54/h5-48H,1-4H3/i17D,18D,19D,20D,29D,30D,31D,32D. The van der Waals surface area contributed by atoms with Crippen molar-refractivity contribution in [3.05, 3.63) is 289 Å². The highest BCUT2D eigenvalue weighted by Gasteiger charge is 2.45. The maximum absolute atomic E-state index is 9.51. The molecule has 0 atom stereocenters. The lowest BCUT2D eigenvalue weighted by Crippen LogP contribution is -2.61. The van der Waals surface area contributed by atoms with E-state index in [-0.39, 0.29) is 58.1 Å². The molecule has 2 aliphatic rings. The Kier molecular flexibility index (Phi) is 8.80. The van der Waals surface area contributed by atoms with Gasteiger partial charge in [-0.15, -0.1) is 0 Å². The quantitative estimate of drug-likeness (QED) is 0.134. The second-order valence-corrected chi connectivity index (χ2v) is 21.1. The predicted molar refractivity (Wildman–Crippen MR) is 323 cm³/mol. The van der Waals surface area contributed by atoms with Gasteiger partial charge in [-0.1, -0.05) is 228 Å². The fraction of sp³-hybridized carbons (Fsp3) is 0.0833. The number of nitrogens with zero attached hydrogens (tertiary/aromatic N) is 3. The monoisotopic (exact) mass is 982 g/mol. The number of aromatic nitrogens is 1. The van der Waals surface area contributed by atoms with Crippen molar-refractivity contribution in [2.24, 2.45) is 0 Å². The van der Waals surface area contributed by atoms with Crippen LogP contribution in [0.4, 0.5) is 34.1 Å². The van der Waals surface area contributed by atoms with Gasteiger partial charge >= 0.3 is 0 Å². The van der Waals surface area contributed by atoms with Gasteiger partial charge in [0.25, 0.3) is 6.71 Å². The van der Waals surface area contributed by atoms with E-state index in [1.807, 2.05) is 30.3 Å². The highest BCUT2D eigenvalue weighted by Crippen LogP contribution is 2.49. The summed E-state index contributed by atoms with van der Waals surface area (Å²) >= 11 is 0. The van der Waals surface area contributed by atoms with E-state index in [0.29, 0.717) is 5.69 Å². The van der Waals surface area contributed by atoms with Crippen LogP contribution in [0.25, 0.3) is 49.7 Å². The Bertz CT molecular complexity index is 4550. The number of rotatable bonds is 9. The summed E-state index contributed by atoms with van der Waals surface area (Å²) in [5.74, 6) is 0. The van der Waals surface area contributed by atoms with E-state index in [2.05, 4.69) is 226 Å². The van der Waals surface area contributed by atoms with E-state index in [9.17, 15) is 5.48 Å². The maximum atomic E-state index is 9.51. The van der Waals surface area contributed by atoms with Gasteiger partial charge in [0.1, 0.15) is 0 Å². The number of benzene rings is 11. The molecular weight excluding hydrogens is 918 g/mol. The highest BCUT2D eigenvalue weighted by molar-refractivity contribution is 7.00. The van der Waals surface area contributed by atoms with E-state index < -0.39 is 29.6 Å². The summed E-state index contributed by atoms with van der Waals surface area (Å²) in [6.07, 6.45) is 0. The zero-order valence-electron chi connectivity index (χ0n) is 50.7. The first kappa shape index (κ1) is 37.6. The molecule has 0 fully saturated rings. The van der Waals surface area contributed by atoms with E-state index in [1.54, 1.807) is 4.57 Å². The molecule has 362 valence electrons. The molecule has 3 heterocycles. The first-order valence-electron chi connectivity index (χ1n) is 30.0. The highest BCUT2D eigenvalue weighted by atomic mass is 15.2. The molecule has 0 N–H and O–H groups in total. The summed E-state index contributed by atoms with van der Waals surface area (Å²) in [6.45, 7) is 8.69. The molecule has 0 saturated heterocycles. The fourth-order valence-corrected chi connectivity index (χ4v) is 12.0. The Morgan fingerprint density at radius 1 is 0.342 bits per heavy atom. The molecule has 14 rings (SSSR count). The van der Waals surface area contributed by atoms with Crippen LogP contribution in [-0.2, 0) is 10.8 Å². The van der Waals surface area contributed by atoms with Gasteiger partial charge in [-0.3, -0.25) is 0 Å². The van der Waals surface area contributed by atoms with Crippen molar-refractivity contribution in [3.8, 4) is 27.9 Å². The largest absolute Gasteiger partial charge is 0.311 e. The molecule has 0 bridgehead atoms. The second-order valence-electron chi connectivity index (χ2n) is 21.1. The molecule has 3 nitrogen and oxygen atoms in total. The molecule has 0 aliphatic carbocycles. The number of fused-ring (bicyclic) bond motifs is 7. The summed E-state index contributed by atoms with van der Waals surface area (Å²) in [6, 6.07) is 74.0. The molecule has 76 heavy (non-hydrogen) atoms. The van der Waals surface area contributed by atoms with E-state index in [0.717, 1.165) is 89.5 Å². The van der Waals surface area contributed by atoms with Gasteiger partial charge in [0.15, 0.2) is 0 Å². The van der Waals surface area contributed by atoms with Gasteiger partial charge in [0.2, 0.25) is 0 Å². The number of hydrogen-bond donors (Lipinski definition) is 0. The number of hydrogen-bond acceptors (Lipinski definition) is 2. The van der Waals surface area contributed by atoms with Crippen LogP contribution in [0.3, 0.4) is 0 Å². The van der Waals surface area contributed by atoms with Crippen molar-refractivity contribution in [2.75, 3.05) is 9.80 Å². The third-order valence-electron chi connectivity index (χ3n) is 16.2. The minimum Gasteiger partial charge on any atom is -0.311 e. The molecule has 11 aromatic carbocycles. The molecule has 0 unspecified atom stereocenters. The average Bonchev–Trinajstić information content (AvgIpc) is 2.02. The van der Waals surface area contributed by atoms with Gasteiger partial charge in [-0.05, 0) is 128 Å². The lowest BCUT2D eigenvalue weighted by molar-refractivity contribution is 0.640. The molecule has 1 aromatic heterocycles. The minimum atomic E-state index is -0.519. The molecule has 0 spiro atoms. The first-order chi connectivity index (χ1) is 40.5. The van der Waals surface area contributed by atoms with Gasteiger partial charge in [-0.2, -0.15) is 0 Å². The Morgan fingerprint density at radius 3 is 1.34 bits per heavy atom. The van der Waals surface area contributed by atoms with Crippen LogP contribution in [0.15, 0.2) is 267 Å². The van der Waals surface area contributed by atoms with Gasteiger partial charge < -0.3 is 14.4 Å². The summed E-state index contributed by atoms with van der Waals surface area (Å²) in [5, 5.41) is 0.0621. The Morgan fingerprint density at radius 2 is 0.776 bits per heavy atom. The maximum Gasteiger partial charge on any atom is 0.252 e. The number of para-hydroxylation sites is 2. The van der Waals surface area contributed by atoms with Crippen molar-refractivity contribution in [3.63, 3.8) is 0 Å². The van der Waals surface area contributed by atoms with Crippen LogP contribution in [0, 0.1) is 0 Å². The van der Waals surface area contributed by atoms with Gasteiger partial charge in [0.05, 0.1) is 22.0 Å². The van der Waals surface area contributed by atoms with Crippen LogP contribution in [0.2, 0.25) is 0 Å². The second kappa shape index (κ2) is 17.8. The molecular formula is C72H56BN3. The summed E-state index contributed by atoms with van der Waals surface area (Å²) < 4.78 is 74.8. The lowest BCUT2D eigenvalue weighted by Gasteiger charge is -2.45. The van der Waals surface area contributed by atoms with Crippen molar-refractivity contribution in [1.29, 1.82) is 0 Å². The lowest BCUT2D eigenvalue weighted by atomic mass is 9.33. The third-order valence-corrected chi connectivity index (χ3v) is 16.2. The zero-order chi connectivity index (χ0) is 58.1. The van der Waals surface area contributed by atoms with Crippen LogP contribution < -0.4 is 26.2 Å². The summed E-state index contributed by atoms with van der Waals surface area (Å²) in [5.41, 5.74) is 17.5. The SMILES string of the molecule is [2H]c1c([2H])c([2H])c2c(c1[2H])c1c([2H])c([2H])c([2H])c([2H])c1n2-c1ccc2c(c1)N(c1ccc(C(C)(C)c3ccccc3)cc1)c1cc(C(C)(C)c3ccccc3)cc3c1B2c1cc(-c2ccccc2)ccc1N3c1ccc(-c2ccccc2)cc1. The molecule has 4 heteroatoms. The van der Waals surface area contributed by atoms with Crippen molar-refractivity contribution < 1.29 is 11.0 Å². The van der Waals surface area contributed by atoms with Gasteiger partial charge in [0, 0.05) is 61.4 Å². The molecule has 0 saturated carbocycles. The Labute approximate surface area is 457 Å². The molecule has 0 amide bonds. The van der Waals surface area contributed by atoms with E-state index >= 15 is 0 Å². The Hall–Kier alpha value is -9.12. The predicted octanol–water partition coefficient (Wildman–Crippen LogP) is 16.9. The molecule has 0 radical (unpaired) electrons. The smallest absolute Gasteiger partial charge is 0.252 e.